The molecule has 0 radical (unpaired) electrons. The number of nitrogens with one attached hydrogen (secondary N) is 4. The second-order valence-electron chi connectivity index (χ2n) is 8.62. The Kier molecular flexibility index (Phi) is 9.73. The summed E-state index contributed by atoms with van der Waals surface area (Å²) < 4.78 is 11.6. The summed E-state index contributed by atoms with van der Waals surface area (Å²) in [6, 6.07) is -3.06. The monoisotopic (exact) mass is 490 g/mol. The lowest BCUT2D eigenvalue weighted by atomic mass is 9.83. The summed E-state index contributed by atoms with van der Waals surface area (Å²) in [5.74, 6) is -1.89. The Morgan fingerprint density at radius 2 is 1.32 bits per heavy atom. The summed E-state index contributed by atoms with van der Waals surface area (Å²) in [4.78, 5) is 46.3. The number of aliphatic hydroxyl groups excluding tert-OH is 4. The normalized spacial score (nSPS) is 37.9. The van der Waals surface area contributed by atoms with Crippen LogP contribution in [0.15, 0.2) is 0 Å². The van der Waals surface area contributed by atoms with E-state index in [-0.39, 0.29) is 13.0 Å². The van der Waals surface area contributed by atoms with Gasteiger partial charge in [-0.3, -0.25) is 19.2 Å². The summed E-state index contributed by atoms with van der Waals surface area (Å²) in [5, 5.41) is 52.4. The fraction of sp³-hybridized carbons (Fsp3) is 0.800. The summed E-state index contributed by atoms with van der Waals surface area (Å²) >= 11 is 0. The van der Waals surface area contributed by atoms with Crippen LogP contribution in [0.5, 0.6) is 0 Å². The van der Waals surface area contributed by atoms with Crippen LogP contribution in [-0.2, 0) is 28.7 Å². The first-order valence-electron chi connectivity index (χ1n) is 10.9. The highest BCUT2D eigenvalue weighted by Crippen LogP contribution is 2.29. The molecule has 1 aliphatic heterocycles. The van der Waals surface area contributed by atoms with E-state index in [4.69, 9.17) is 9.47 Å². The van der Waals surface area contributed by atoms with Crippen LogP contribution in [0, 0.1) is 0 Å². The summed E-state index contributed by atoms with van der Waals surface area (Å²) in [5.41, 5.74) is 0. The van der Waals surface area contributed by atoms with Crippen LogP contribution in [0.1, 0.15) is 34.1 Å². The van der Waals surface area contributed by atoms with Gasteiger partial charge in [-0.15, -0.1) is 0 Å². The molecule has 1 saturated carbocycles. The molecule has 10 atom stereocenters. The molecule has 1 saturated heterocycles. The average molecular weight is 491 g/mol. The molecule has 194 valence electrons. The van der Waals surface area contributed by atoms with E-state index < -0.39 is 84.7 Å². The number of hydrogen-bond donors (Lipinski definition) is 8. The molecule has 0 aromatic carbocycles. The molecule has 1 heterocycles. The standard InChI is InChI=1S/C20H34N4O10/c1-7(25)21-6-13-16(30)17(31)14(24-10(4)28)20(33-13)34-19-12(23-9(3)27)5-11(22-8(2)26)15(29)18(19)32/h11-20,29-32H,5-6H2,1-4H3,(H,21,25)(H,22,26)(H,23,27)(H,24,28)/t11-,12+,13+,14+,15+,16+,17+,18-,19-,20+/m0/s1. The summed E-state index contributed by atoms with van der Waals surface area (Å²) in [6.07, 6.45) is -10.0. The number of amides is 4. The fourth-order valence-electron chi connectivity index (χ4n) is 4.20. The first-order valence-corrected chi connectivity index (χ1v) is 10.9. The van der Waals surface area contributed by atoms with E-state index in [2.05, 4.69) is 21.3 Å². The van der Waals surface area contributed by atoms with Gasteiger partial charge < -0.3 is 51.2 Å². The lowest BCUT2D eigenvalue weighted by Gasteiger charge is -2.47. The van der Waals surface area contributed by atoms with Gasteiger partial charge in [-0.2, -0.15) is 0 Å². The predicted octanol–water partition coefficient (Wildman–Crippen LogP) is -4.41. The van der Waals surface area contributed by atoms with Crippen molar-refractivity contribution in [2.75, 3.05) is 6.54 Å². The van der Waals surface area contributed by atoms with E-state index >= 15 is 0 Å². The van der Waals surface area contributed by atoms with Gasteiger partial charge in [0.2, 0.25) is 23.6 Å². The topological polar surface area (TPSA) is 216 Å². The Hall–Kier alpha value is -2.36. The molecule has 4 amide bonds. The third kappa shape index (κ3) is 7.07. The maximum atomic E-state index is 11.8. The Morgan fingerprint density at radius 1 is 0.765 bits per heavy atom. The third-order valence-corrected chi connectivity index (χ3v) is 5.69. The molecule has 0 aromatic rings. The lowest BCUT2D eigenvalue weighted by molar-refractivity contribution is -0.293. The molecule has 1 aliphatic carbocycles. The maximum Gasteiger partial charge on any atom is 0.217 e. The van der Waals surface area contributed by atoms with Crippen LogP contribution in [0.4, 0.5) is 0 Å². The zero-order valence-electron chi connectivity index (χ0n) is 19.4. The van der Waals surface area contributed by atoms with Gasteiger partial charge in [0.1, 0.15) is 42.7 Å². The van der Waals surface area contributed by atoms with Gasteiger partial charge in [0.15, 0.2) is 6.29 Å². The lowest BCUT2D eigenvalue weighted by Crippen LogP contribution is -2.69. The van der Waals surface area contributed by atoms with Gasteiger partial charge >= 0.3 is 0 Å². The first-order chi connectivity index (χ1) is 15.8. The van der Waals surface area contributed by atoms with Gasteiger partial charge in [0.05, 0.1) is 12.1 Å². The quantitative estimate of drug-likeness (QED) is 0.171. The Balaban J connectivity index is 2.31. The van der Waals surface area contributed by atoms with Crippen molar-refractivity contribution in [2.45, 2.75) is 95.2 Å². The molecule has 0 aromatic heterocycles. The van der Waals surface area contributed by atoms with Crippen LogP contribution in [0.2, 0.25) is 0 Å². The molecule has 0 unspecified atom stereocenters. The molecule has 2 aliphatic rings. The number of ether oxygens (including phenoxy) is 2. The molecule has 34 heavy (non-hydrogen) atoms. The summed E-state index contributed by atoms with van der Waals surface area (Å²) in [6.45, 7) is 4.73. The molecule has 0 spiro atoms. The van der Waals surface area contributed by atoms with Crippen molar-refractivity contribution in [3.63, 3.8) is 0 Å². The van der Waals surface area contributed by atoms with Gasteiger partial charge in [-0.05, 0) is 6.42 Å². The molecular formula is C20H34N4O10. The Morgan fingerprint density at radius 3 is 1.85 bits per heavy atom. The van der Waals surface area contributed by atoms with E-state index in [9.17, 15) is 39.6 Å². The fourth-order valence-corrected chi connectivity index (χ4v) is 4.20. The second kappa shape index (κ2) is 11.9. The van der Waals surface area contributed by atoms with Crippen molar-refractivity contribution < 1.29 is 49.1 Å². The molecule has 8 N–H and O–H groups in total. The minimum Gasteiger partial charge on any atom is -0.388 e. The summed E-state index contributed by atoms with van der Waals surface area (Å²) in [7, 11) is 0. The Bertz CT molecular complexity index is 766. The van der Waals surface area contributed by atoms with E-state index in [1.54, 1.807) is 0 Å². The molecule has 2 fully saturated rings. The number of hydrogen-bond acceptors (Lipinski definition) is 10. The number of aliphatic hydroxyl groups is 4. The molecule has 2 rings (SSSR count). The highest BCUT2D eigenvalue weighted by molar-refractivity contribution is 5.74. The largest absolute Gasteiger partial charge is 0.388 e. The van der Waals surface area contributed by atoms with Gasteiger partial charge in [0, 0.05) is 34.2 Å². The van der Waals surface area contributed by atoms with Crippen LogP contribution in [-0.4, -0.2) is 112 Å². The predicted molar refractivity (Wildman–Crippen MR) is 114 cm³/mol. The third-order valence-electron chi connectivity index (χ3n) is 5.69. The molecule has 14 nitrogen and oxygen atoms in total. The number of carbonyl (C=O) groups excluding carboxylic acids is 4. The van der Waals surface area contributed by atoms with Crippen molar-refractivity contribution >= 4 is 23.6 Å². The highest BCUT2D eigenvalue weighted by Gasteiger charge is 2.51. The number of carbonyl (C=O) groups is 4. The second-order valence-corrected chi connectivity index (χ2v) is 8.62. The van der Waals surface area contributed by atoms with Gasteiger partial charge in [-0.25, -0.2) is 0 Å². The zero-order valence-corrected chi connectivity index (χ0v) is 19.4. The van der Waals surface area contributed by atoms with E-state index in [1.165, 1.54) is 27.7 Å². The van der Waals surface area contributed by atoms with Gasteiger partial charge in [0.25, 0.3) is 0 Å². The van der Waals surface area contributed by atoms with Crippen LogP contribution >= 0.6 is 0 Å². The Labute approximate surface area is 196 Å². The zero-order chi connectivity index (χ0) is 25.7. The minimum atomic E-state index is -1.61. The van der Waals surface area contributed by atoms with E-state index in [0.717, 1.165) is 0 Å². The molecular weight excluding hydrogens is 456 g/mol. The van der Waals surface area contributed by atoms with Crippen molar-refractivity contribution in [3.05, 3.63) is 0 Å². The van der Waals surface area contributed by atoms with E-state index in [0.29, 0.717) is 0 Å². The van der Waals surface area contributed by atoms with Crippen molar-refractivity contribution in [2.24, 2.45) is 0 Å². The SMILES string of the molecule is CC(=O)NC[C@H]1O[C@H](O[C@@H]2[C@@H](O)[C@H](O)[C@@H](NC(C)=O)C[C@H]2NC(C)=O)[C@H](NC(C)=O)[C@@H](O)[C@@H]1O. The van der Waals surface area contributed by atoms with E-state index in [1.807, 2.05) is 0 Å². The molecule has 0 bridgehead atoms. The highest BCUT2D eigenvalue weighted by atomic mass is 16.7. The average Bonchev–Trinajstić information content (AvgIpc) is 2.71. The van der Waals surface area contributed by atoms with Crippen LogP contribution in [0.25, 0.3) is 0 Å². The van der Waals surface area contributed by atoms with Crippen molar-refractivity contribution in [1.29, 1.82) is 0 Å². The van der Waals surface area contributed by atoms with Crippen molar-refractivity contribution in [3.8, 4) is 0 Å². The van der Waals surface area contributed by atoms with Gasteiger partial charge in [-0.1, -0.05) is 0 Å². The van der Waals surface area contributed by atoms with Crippen LogP contribution in [0.3, 0.4) is 0 Å². The van der Waals surface area contributed by atoms with Crippen molar-refractivity contribution in [1.82, 2.24) is 21.3 Å². The first kappa shape index (κ1) is 27.9. The number of rotatable bonds is 7. The smallest absolute Gasteiger partial charge is 0.217 e. The minimum absolute atomic E-state index is 0.0000755. The molecule has 14 heteroatoms. The van der Waals surface area contributed by atoms with Crippen LogP contribution < -0.4 is 21.3 Å². The maximum absolute atomic E-state index is 11.8.